The van der Waals surface area contributed by atoms with E-state index in [1.54, 1.807) is 0 Å². The van der Waals surface area contributed by atoms with Gasteiger partial charge in [-0.1, -0.05) is 50.2 Å². The average Bonchev–Trinajstić information content (AvgIpc) is 2.73. The van der Waals surface area contributed by atoms with Gasteiger partial charge in [0.05, 0.1) is 5.69 Å². The summed E-state index contributed by atoms with van der Waals surface area (Å²) in [7, 11) is 4.07. The van der Waals surface area contributed by atoms with Gasteiger partial charge in [0.2, 0.25) is 0 Å². The summed E-state index contributed by atoms with van der Waals surface area (Å²) in [4.78, 5) is 16.1. The third-order valence-electron chi connectivity index (χ3n) is 4.96. The molecule has 4 rings (SSSR count). The summed E-state index contributed by atoms with van der Waals surface area (Å²) < 4.78 is 0. The SMILES string of the molecule is CC(C)c1ccc(-c2ncc3ccc(-c4ccc(N(C)C)cc4)nc3n2)cc1. The second-order valence-electron chi connectivity index (χ2n) is 7.52. The average molecular weight is 368 g/mol. The summed E-state index contributed by atoms with van der Waals surface area (Å²) in [5.41, 5.74) is 6.19. The molecule has 0 aliphatic heterocycles. The van der Waals surface area contributed by atoms with Gasteiger partial charge in [0.25, 0.3) is 0 Å². The standard InChI is InChI=1S/C24H24N4/c1-16(2)17-5-7-19(8-6-17)23-25-15-20-11-14-22(26-24(20)27-23)18-9-12-21(13-10-18)28(3)4/h5-16H,1-4H3. The normalized spacial score (nSPS) is 11.2. The molecule has 0 N–H and O–H groups in total. The zero-order valence-electron chi connectivity index (χ0n) is 16.7. The summed E-state index contributed by atoms with van der Waals surface area (Å²) >= 11 is 0. The quantitative estimate of drug-likeness (QED) is 0.474. The van der Waals surface area contributed by atoms with Gasteiger partial charge < -0.3 is 4.90 Å². The van der Waals surface area contributed by atoms with Gasteiger partial charge in [-0.25, -0.2) is 15.0 Å². The van der Waals surface area contributed by atoms with Crippen LogP contribution < -0.4 is 4.90 Å². The van der Waals surface area contributed by atoms with Crippen molar-refractivity contribution in [1.29, 1.82) is 0 Å². The number of anilines is 1. The van der Waals surface area contributed by atoms with E-state index < -0.39 is 0 Å². The van der Waals surface area contributed by atoms with Gasteiger partial charge in [-0.05, 0) is 35.7 Å². The maximum absolute atomic E-state index is 4.79. The number of aromatic nitrogens is 3. The molecule has 2 heterocycles. The van der Waals surface area contributed by atoms with Crippen molar-refractivity contribution in [2.45, 2.75) is 19.8 Å². The van der Waals surface area contributed by atoms with Crippen molar-refractivity contribution in [3.63, 3.8) is 0 Å². The molecule has 0 spiro atoms. The Morgan fingerprint density at radius 3 is 2.07 bits per heavy atom. The minimum Gasteiger partial charge on any atom is -0.378 e. The molecule has 0 aliphatic carbocycles. The predicted octanol–water partition coefficient (Wildman–Crippen LogP) is 5.55. The smallest absolute Gasteiger partial charge is 0.163 e. The molecule has 0 aliphatic rings. The van der Waals surface area contributed by atoms with Crippen molar-refractivity contribution in [1.82, 2.24) is 15.0 Å². The molecule has 0 fully saturated rings. The van der Waals surface area contributed by atoms with Gasteiger partial charge in [0.15, 0.2) is 11.5 Å². The van der Waals surface area contributed by atoms with Crippen LogP contribution in [0.5, 0.6) is 0 Å². The van der Waals surface area contributed by atoms with Gasteiger partial charge in [0.1, 0.15) is 0 Å². The fourth-order valence-corrected chi connectivity index (χ4v) is 3.16. The van der Waals surface area contributed by atoms with Crippen molar-refractivity contribution in [2.75, 3.05) is 19.0 Å². The zero-order chi connectivity index (χ0) is 19.7. The van der Waals surface area contributed by atoms with Crippen LogP contribution in [0, 0.1) is 0 Å². The Labute approximate surface area is 165 Å². The first-order valence-corrected chi connectivity index (χ1v) is 9.53. The highest BCUT2D eigenvalue weighted by Gasteiger charge is 2.08. The molecule has 140 valence electrons. The first kappa shape index (κ1) is 18.1. The number of rotatable bonds is 4. The number of fused-ring (bicyclic) bond motifs is 1. The van der Waals surface area contributed by atoms with Crippen molar-refractivity contribution >= 4 is 16.7 Å². The Hall–Kier alpha value is -3.27. The Kier molecular flexibility index (Phi) is 4.78. The summed E-state index contributed by atoms with van der Waals surface area (Å²) in [6, 6.07) is 20.9. The molecule has 4 nitrogen and oxygen atoms in total. The Morgan fingerprint density at radius 2 is 1.43 bits per heavy atom. The number of hydrogen-bond acceptors (Lipinski definition) is 4. The van der Waals surface area contributed by atoms with E-state index in [1.165, 1.54) is 11.3 Å². The van der Waals surface area contributed by atoms with E-state index in [9.17, 15) is 0 Å². The number of pyridine rings is 1. The van der Waals surface area contributed by atoms with Crippen LogP contribution in [0.4, 0.5) is 5.69 Å². The third-order valence-corrected chi connectivity index (χ3v) is 4.96. The fraction of sp³-hybridized carbons (Fsp3) is 0.208. The Morgan fingerprint density at radius 1 is 0.750 bits per heavy atom. The lowest BCUT2D eigenvalue weighted by molar-refractivity contribution is 0.867. The first-order valence-electron chi connectivity index (χ1n) is 9.53. The van der Waals surface area contributed by atoms with E-state index >= 15 is 0 Å². The van der Waals surface area contributed by atoms with Crippen LogP contribution >= 0.6 is 0 Å². The van der Waals surface area contributed by atoms with Gasteiger partial charge in [0, 0.05) is 42.5 Å². The highest BCUT2D eigenvalue weighted by Crippen LogP contribution is 2.25. The zero-order valence-corrected chi connectivity index (χ0v) is 16.7. The lowest BCUT2D eigenvalue weighted by Crippen LogP contribution is -2.07. The number of benzene rings is 2. The van der Waals surface area contributed by atoms with E-state index in [1.807, 2.05) is 32.4 Å². The van der Waals surface area contributed by atoms with E-state index in [4.69, 9.17) is 9.97 Å². The first-order chi connectivity index (χ1) is 13.5. The van der Waals surface area contributed by atoms with E-state index in [-0.39, 0.29) is 0 Å². The van der Waals surface area contributed by atoms with Gasteiger partial charge in [-0.2, -0.15) is 0 Å². The minimum atomic E-state index is 0.509. The van der Waals surface area contributed by atoms with Crippen molar-refractivity contribution in [3.05, 3.63) is 72.4 Å². The second-order valence-corrected chi connectivity index (χ2v) is 7.52. The van der Waals surface area contributed by atoms with Crippen LogP contribution in [-0.4, -0.2) is 29.0 Å². The predicted molar refractivity (Wildman–Crippen MR) is 117 cm³/mol. The molecule has 0 amide bonds. The number of nitrogens with zero attached hydrogens (tertiary/aromatic N) is 4. The van der Waals surface area contributed by atoms with E-state index in [2.05, 4.69) is 72.3 Å². The number of hydrogen-bond donors (Lipinski definition) is 0. The van der Waals surface area contributed by atoms with Gasteiger partial charge in [-0.15, -0.1) is 0 Å². The van der Waals surface area contributed by atoms with Crippen LogP contribution in [0.25, 0.3) is 33.7 Å². The summed E-state index contributed by atoms with van der Waals surface area (Å²) in [5.74, 6) is 1.21. The molecule has 0 radical (unpaired) electrons. The van der Waals surface area contributed by atoms with Crippen LogP contribution in [0.15, 0.2) is 66.9 Å². The van der Waals surface area contributed by atoms with Gasteiger partial charge >= 0.3 is 0 Å². The van der Waals surface area contributed by atoms with Crippen LogP contribution in [0.3, 0.4) is 0 Å². The summed E-state index contributed by atoms with van der Waals surface area (Å²) in [6.45, 7) is 4.39. The molecule has 2 aromatic heterocycles. The molecule has 0 saturated carbocycles. The third kappa shape index (κ3) is 3.58. The molecule has 4 aromatic rings. The largest absolute Gasteiger partial charge is 0.378 e. The van der Waals surface area contributed by atoms with Crippen LogP contribution in [-0.2, 0) is 0 Å². The topological polar surface area (TPSA) is 41.9 Å². The van der Waals surface area contributed by atoms with Crippen molar-refractivity contribution in [2.24, 2.45) is 0 Å². The molecule has 0 unspecified atom stereocenters. The Balaban J connectivity index is 1.70. The lowest BCUT2D eigenvalue weighted by atomic mass is 10.0. The second kappa shape index (κ2) is 7.39. The Bertz CT molecular complexity index is 1010. The summed E-state index contributed by atoms with van der Waals surface area (Å²) in [6.07, 6.45) is 1.85. The van der Waals surface area contributed by atoms with Crippen molar-refractivity contribution in [3.8, 4) is 22.6 Å². The molecular formula is C24H24N4. The maximum atomic E-state index is 4.79. The molecule has 0 bridgehead atoms. The van der Waals surface area contributed by atoms with Crippen molar-refractivity contribution < 1.29 is 0 Å². The van der Waals surface area contributed by atoms with E-state index in [0.29, 0.717) is 17.4 Å². The summed E-state index contributed by atoms with van der Waals surface area (Å²) in [5, 5.41) is 0.941. The highest BCUT2D eigenvalue weighted by atomic mass is 15.1. The molecule has 4 heteroatoms. The van der Waals surface area contributed by atoms with Crippen LogP contribution in [0.2, 0.25) is 0 Å². The molecule has 0 atom stereocenters. The monoisotopic (exact) mass is 368 g/mol. The maximum Gasteiger partial charge on any atom is 0.163 e. The molecule has 28 heavy (non-hydrogen) atoms. The highest BCUT2D eigenvalue weighted by molar-refractivity contribution is 5.79. The van der Waals surface area contributed by atoms with Gasteiger partial charge in [-0.3, -0.25) is 0 Å². The van der Waals surface area contributed by atoms with Crippen LogP contribution in [0.1, 0.15) is 25.3 Å². The fourth-order valence-electron chi connectivity index (χ4n) is 3.16. The molecule has 2 aromatic carbocycles. The minimum absolute atomic E-state index is 0.509. The molecule has 0 saturated heterocycles. The lowest BCUT2D eigenvalue weighted by Gasteiger charge is -2.12. The molecular weight excluding hydrogens is 344 g/mol. The van der Waals surface area contributed by atoms with E-state index in [0.717, 1.165) is 22.2 Å².